The predicted octanol–water partition coefficient (Wildman–Crippen LogP) is 7.18. The Morgan fingerprint density at radius 1 is 1.05 bits per heavy atom. The Bertz CT molecular complexity index is 1380. The molecule has 3 aliphatic rings. The van der Waals surface area contributed by atoms with Crippen LogP contribution < -0.4 is 15.8 Å². The first kappa shape index (κ1) is 25.8. The number of carbonyl (C=O) groups is 1. The lowest BCUT2D eigenvalue weighted by atomic mass is 9.64. The molecule has 6 rings (SSSR count). The minimum atomic E-state index is -4.38. The van der Waals surface area contributed by atoms with Crippen LogP contribution in [0.3, 0.4) is 0 Å². The minimum absolute atomic E-state index is 0.116. The molecule has 1 heterocycles. The minimum Gasteiger partial charge on any atom is -0.457 e. The number of hydrogen-bond donors (Lipinski definition) is 2. The average Bonchev–Trinajstić information content (AvgIpc) is 2.90. The van der Waals surface area contributed by atoms with Crippen molar-refractivity contribution < 1.29 is 22.7 Å². The fourth-order valence-electron chi connectivity index (χ4n) is 5.67. The summed E-state index contributed by atoms with van der Waals surface area (Å²) in [4.78, 5) is 17.0. The van der Waals surface area contributed by atoms with Gasteiger partial charge in [0.15, 0.2) is 0 Å². The highest BCUT2D eigenvalue weighted by Crippen LogP contribution is 2.47. The number of pyridine rings is 1. The lowest BCUT2D eigenvalue weighted by molar-refractivity contribution is -0.137. The van der Waals surface area contributed by atoms with Crippen molar-refractivity contribution in [2.24, 2.45) is 11.8 Å². The van der Waals surface area contributed by atoms with Crippen molar-refractivity contribution in [3.8, 4) is 11.5 Å². The average molecular weight is 522 g/mol. The number of amides is 1. The van der Waals surface area contributed by atoms with Gasteiger partial charge in [0, 0.05) is 12.2 Å². The van der Waals surface area contributed by atoms with E-state index < -0.39 is 11.7 Å². The standard InChI is InChI=1S/C30H30F3N3O2/c1-17-12-22(16-35-28(17)34)29(37)36-27-15-20-6-7-21(27)14-26(20)18(2)19-4-3-5-25(13-19)38-24-10-8-23(9-11-24)30(31,32)33/h3-5,8-13,16,20-21,27H,6-7,14-15H2,1-2H3,(H2,34,35)(H,36,37). The van der Waals surface area contributed by atoms with E-state index in [1.165, 1.54) is 29.5 Å². The van der Waals surface area contributed by atoms with E-state index in [9.17, 15) is 18.0 Å². The molecule has 3 N–H and O–H groups in total. The number of carbonyl (C=O) groups excluding carboxylic acids is 1. The molecule has 3 saturated carbocycles. The van der Waals surface area contributed by atoms with Crippen molar-refractivity contribution >= 4 is 17.3 Å². The van der Waals surface area contributed by atoms with Crippen molar-refractivity contribution in [1.29, 1.82) is 0 Å². The summed E-state index contributed by atoms with van der Waals surface area (Å²) < 4.78 is 44.4. The van der Waals surface area contributed by atoms with Crippen molar-refractivity contribution in [3.05, 3.63) is 88.6 Å². The molecule has 3 atom stereocenters. The SMILES string of the molecule is CC(=C1CC2CCC1CC2NC(=O)c1cnc(N)c(C)c1)c1cccc(Oc2ccc(C(F)(F)F)cc2)c1. The quantitative estimate of drug-likeness (QED) is 0.373. The second-order valence-electron chi connectivity index (χ2n) is 10.3. The van der Waals surface area contributed by atoms with Crippen LogP contribution in [-0.4, -0.2) is 16.9 Å². The smallest absolute Gasteiger partial charge is 0.416 e. The molecule has 3 aromatic rings. The lowest BCUT2D eigenvalue weighted by Crippen LogP contribution is -2.48. The van der Waals surface area contributed by atoms with Gasteiger partial charge in [0.25, 0.3) is 5.91 Å². The van der Waals surface area contributed by atoms with Crippen LogP contribution in [0.4, 0.5) is 19.0 Å². The van der Waals surface area contributed by atoms with Gasteiger partial charge < -0.3 is 15.8 Å². The highest BCUT2D eigenvalue weighted by molar-refractivity contribution is 5.94. The Kier molecular flexibility index (Phi) is 6.90. The second-order valence-corrected chi connectivity index (χ2v) is 10.3. The number of nitrogens with zero attached hydrogens (tertiary/aromatic N) is 1. The summed E-state index contributed by atoms with van der Waals surface area (Å²) in [5.41, 5.74) is 10.0. The predicted molar refractivity (Wildman–Crippen MR) is 141 cm³/mol. The van der Waals surface area contributed by atoms with E-state index in [1.54, 1.807) is 12.1 Å². The second kappa shape index (κ2) is 10.2. The Hall–Kier alpha value is -3.81. The molecule has 8 heteroatoms. The maximum atomic E-state index is 12.9. The van der Waals surface area contributed by atoms with Gasteiger partial charge in [-0.2, -0.15) is 13.2 Å². The fourth-order valence-corrected chi connectivity index (χ4v) is 5.67. The molecule has 0 aliphatic heterocycles. The number of ether oxygens (including phenoxy) is 1. The zero-order valence-corrected chi connectivity index (χ0v) is 21.3. The maximum Gasteiger partial charge on any atom is 0.416 e. The fraction of sp³-hybridized carbons (Fsp3) is 0.333. The monoisotopic (exact) mass is 521 g/mol. The first-order valence-corrected chi connectivity index (χ1v) is 12.8. The van der Waals surface area contributed by atoms with E-state index in [2.05, 4.69) is 17.2 Å². The summed E-state index contributed by atoms with van der Waals surface area (Å²) in [7, 11) is 0. The summed E-state index contributed by atoms with van der Waals surface area (Å²) in [6.45, 7) is 3.95. The number of anilines is 1. The highest BCUT2D eigenvalue weighted by atomic mass is 19.4. The third kappa shape index (κ3) is 5.39. The van der Waals surface area contributed by atoms with Crippen LogP contribution in [0.25, 0.3) is 5.57 Å². The van der Waals surface area contributed by atoms with E-state index >= 15 is 0 Å². The van der Waals surface area contributed by atoms with Crippen LogP contribution in [0.1, 0.15) is 59.7 Å². The number of allylic oxidation sites excluding steroid dienone is 2. The first-order chi connectivity index (χ1) is 18.1. The van der Waals surface area contributed by atoms with Crippen LogP contribution in [0.15, 0.2) is 66.4 Å². The number of rotatable bonds is 5. The van der Waals surface area contributed by atoms with Gasteiger partial charge in [0.05, 0.1) is 11.1 Å². The van der Waals surface area contributed by atoms with Crippen LogP contribution in [0.5, 0.6) is 11.5 Å². The number of halogens is 3. The molecule has 1 aromatic heterocycles. The van der Waals surface area contributed by atoms with Gasteiger partial charge in [-0.25, -0.2) is 4.98 Å². The third-order valence-corrected chi connectivity index (χ3v) is 7.83. The molecular formula is C30H30F3N3O2. The van der Waals surface area contributed by atoms with Gasteiger partial charge in [-0.15, -0.1) is 0 Å². The molecule has 0 saturated heterocycles. The topological polar surface area (TPSA) is 77.2 Å². The normalized spacial score (nSPS) is 22.2. The summed E-state index contributed by atoms with van der Waals surface area (Å²) in [6.07, 6.45) is 1.12. The highest BCUT2D eigenvalue weighted by Gasteiger charge is 2.40. The summed E-state index contributed by atoms with van der Waals surface area (Å²) in [6, 6.07) is 14.2. The molecule has 0 radical (unpaired) electrons. The van der Waals surface area contributed by atoms with Gasteiger partial charge in [0.2, 0.25) is 0 Å². The molecule has 2 aromatic carbocycles. The van der Waals surface area contributed by atoms with E-state index in [0.29, 0.717) is 34.7 Å². The number of aryl methyl sites for hydroxylation is 1. The van der Waals surface area contributed by atoms with Crippen LogP contribution in [0.2, 0.25) is 0 Å². The molecule has 1 amide bonds. The summed E-state index contributed by atoms with van der Waals surface area (Å²) >= 11 is 0. The van der Waals surface area contributed by atoms with Crippen LogP contribution in [-0.2, 0) is 6.18 Å². The number of hydrogen-bond acceptors (Lipinski definition) is 4. The molecule has 3 unspecified atom stereocenters. The van der Waals surface area contributed by atoms with Crippen molar-refractivity contribution in [2.75, 3.05) is 5.73 Å². The Balaban J connectivity index is 1.28. The van der Waals surface area contributed by atoms with Crippen molar-refractivity contribution in [1.82, 2.24) is 10.3 Å². The molecule has 2 bridgehead atoms. The largest absolute Gasteiger partial charge is 0.457 e. The number of alkyl halides is 3. The summed E-state index contributed by atoms with van der Waals surface area (Å²) in [5, 5.41) is 3.23. The van der Waals surface area contributed by atoms with Gasteiger partial charge in [-0.05, 0) is 111 Å². The molecule has 5 nitrogen and oxygen atoms in total. The number of nitrogen functional groups attached to an aromatic ring is 1. The van der Waals surface area contributed by atoms with Gasteiger partial charge in [-0.1, -0.05) is 17.7 Å². The Morgan fingerprint density at radius 3 is 2.47 bits per heavy atom. The maximum absolute atomic E-state index is 12.9. The number of aromatic nitrogens is 1. The van der Waals surface area contributed by atoms with E-state index in [0.717, 1.165) is 48.9 Å². The van der Waals surface area contributed by atoms with Gasteiger partial charge in [0.1, 0.15) is 17.3 Å². The van der Waals surface area contributed by atoms with Crippen molar-refractivity contribution in [2.45, 2.75) is 51.7 Å². The molecule has 198 valence electrons. The lowest BCUT2D eigenvalue weighted by Gasteiger charge is -2.45. The zero-order chi connectivity index (χ0) is 27.0. The number of benzene rings is 2. The zero-order valence-electron chi connectivity index (χ0n) is 21.3. The molecule has 3 fully saturated rings. The van der Waals surface area contributed by atoms with Crippen molar-refractivity contribution in [3.63, 3.8) is 0 Å². The Labute approximate surface area is 219 Å². The number of nitrogens with two attached hydrogens (primary N) is 1. The van der Waals surface area contributed by atoms with Crippen LogP contribution in [0, 0.1) is 18.8 Å². The third-order valence-electron chi connectivity index (χ3n) is 7.83. The van der Waals surface area contributed by atoms with E-state index in [1.807, 2.05) is 25.1 Å². The van der Waals surface area contributed by atoms with E-state index in [4.69, 9.17) is 10.5 Å². The summed E-state index contributed by atoms with van der Waals surface area (Å²) in [5.74, 6) is 1.98. The number of fused-ring (bicyclic) bond motifs is 3. The Morgan fingerprint density at radius 2 is 1.82 bits per heavy atom. The molecule has 0 spiro atoms. The van der Waals surface area contributed by atoms with Gasteiger partial charge in [-0.3, -0.25) is 4.79 Å². The molecule has 3 aliphatic carbocycles. The van der Waals surface area contributed by atoms with E-state index in [-0.39, 0.29) is 11.9 Å². The van der Waals surface area contributed by atoms with Gasteiger partial charge >= 0.3 is 6.18 Å². The number of nitrogens with one attached hydrogen (secondary N) is 1. The molecule has 38 heavy (non-hydrogen) atoms. The first-order valence-electron chi connectivity index (χ1n) is 12.8. The van der Waals surface area contributed by atoms with Crippen LogP contribution >= 0.6 is 0 Å². The molecular weight excluding hydrogens is 491 g/mol.